The van der Waals surface area contributed by atoms with E-state index in [1.54, 1.807) is 0 Å². The molecule has 0 saturated carbocycles. The van der Waals surface area contributed by atoms with E-state index in [-0.39, 0.29) is 11.1 Å². The van der Waals surface area contributed by atoms with E-state index in [2.05, 4.69) is 4.98 Å². The number of alkyl halides is 3. The van der Waals surface area contributed by atoms with Gasteiger partial charge >= 0.3 is 6.18 Å². The van der Waals surface area contributed by atoms with E-state index in [0.717, 1.165) is 28.9 Å². The van der Waals surface area contributed by atoms with Gasteiger partial charge in [-0.2, -0.15) is 13.2 Å². The fraction of sp³-hybridized carbons (Fsp3) is 0.125. The number of nitrogens with zero attached hydrogens (tertiary/aromatic N) is 1. The first kappa shape index (κ1) is 8.86. The Labute approximate surface area is 75.8 Å². The number of nitrogens with one attached hydrogen (secondary N) is 1. The molecular formula is C8H5F3N2O. The lowest BCUT2D eigenvalue weighted by atomic mass is 10.4. The first-order chi connectivity index (χ1) is 6.48. The van der Waals surface area contributed by atoms with Crippen LogP contribution in [0.3, 0.4) is 0 Å². The summed E-state index contributed by atoms with van der Waals surface area (Å²) in [6.07, 6.45) is -2.50. The number of hydrogen-bond donors (Lipinski definition) is 1. The van der Waals surface area contributed by atoms with Gasteiger partial charge in [-0.25, -0.2) is 0 Å². The third kappa shape index (κ3) is 1.28. The van der Waals surface area contributed by atoms with Gasteiger partial charge in [-0.05, 0) is 0 Å². The van der Waals surface area contributed by atoms with Crippen LogP contribution in [0, 0.1) is 0 Å². The van der Waals surface area contributed by atoms with Crippen LogP contribution >= 0.6 is 0 Å². The minimum Gasteiger partial charge on any atom is -0.346 e. The molecule has 0 aliphatic carbocycles. The number of hydrogen-bond acceptors (Lipinski definition) is 1. The Hall–Kier alpha value is -1.72. The highest BCUT2D eigenvalue weighted by Gasteiger charge is 2.33. The molecule has 0 radical (unpaired) electrons. The Morgan fingerprint density at radius 1 is 1.36 bits per heavy atom. The molecule has 6 heteroatoms. The third-order valence-electron chi connectivity index (χ3n) is 1.83. The van der Waals surface area contributed by atoms with Crippen LogP contribution in [0.25, 0.3) is 5.65 Å². The molecule has 0 aromatic carbocycles. The van der Waals surface area contributed by atoms with Crippen molar-refractivity contribution in [3.05, 3.63) is 40.4 Å². The Morgan fingerprint density at radius 2 is 2.07 bits per heavy atom. The maximum atomic E-state index is 12.3. The summed E-state index contributed by atoms with van der Waals surface area (Å²) in [4.78, 5) is 13.2. The molecule has 0 atom stereocenters. The zero-order valence-electron chi connectivity index (χ0n) is 6.80. The predicted molar refractivity (Wildman–Crippen MR) is 43.0 cm³/mol. The van der Waals surface area contributed by atoms with Crippen molar-refractivity contribution in [3.8, 4) is 0 Å². The van der Waals surface area contributed by atoms with Crippen molar-refractivity contribution >= 4 is 5.65 Å². The number of aromatic amines is 1. The molecule has 14 heavy (non-hydrogen) atoms. The fourth-order valence-electron chi connectivity index (χ4n) is 1.23. The van der Waals surface area contributed by atoms with E-state index in [1.165, 1.54) is 0 Å². The number of imidazole rings is 1. The Balaban J connectivity index is 2.76. The SMILES string of the molecule is O=c1ccn2c(C(F)(F)F)c[nH]c2c1. The monoisotopic (exact) mass is 202 g/mol. The molecule has 0 amide bonds. The second-order valence-electron chi connectivity index (χ2n) is 2.79. The number of halogens is 3. The molecule has 2 aromatic rings. The van der Waals surface area contributed by atoms with Crippen molar-refractivity contribution in [3.63, 3.8) is 0 Å². The topological polar surface area (TPSA) is 37.3 Å². The smallest absolute Gasteiger partial charge is 0.346 e. The maximum Gasteiger partial charge on any atom is 0.433 e. The van der Waals surface area contributed by atoms with Crippen molar-refractivity contribution in [1.82, 2.24) is 9.38 Å². The second kappa shape index (κ2) is 2.63. The zero-order valence-corrected chi connectivity index (χ0v) is 6.80. The van der Waals surface area contributed by atoms with Crippen LogP contribution in [-0.4, -0.2) is 9.38 Å². The number of rotatable bonds is 0. The first-order valence-electron chi connectivity index (χ1n) is 3.75. The molecule has 0 aliphatic heterocycles. The van der Waals surface area contributed by atoms with E-state index < -0.39 is 11.9 Å². The minimum absolute atomic E-state index is 0.129. The van der Waals surface area contributed by atoms with Gasteiger partial charge in [0.05, 0.1) is 0 Å². The van der Waals surface area contributed by atoms with E-state index >= 15 is 0 Å². The minimum atomic E-state index is -4.42. The average molecular weight is 202 g/mol. The van der Waals surface area contributed by atoms with Crippen LogP contribution in [0.4, 0.5) is 13.2 Å². The van der Waals surface area contributed by atoms with Gasteiger partial charge in [0, 0.05) is 24.5 Å². The summed E-state index contributed by atoms with van der Waals surface area (Å²) in [6.45, 7) is 0. The lowest BCUT2D eigenvalue weighted by molar-refractivity contribution is -0.141. The predicted octanol–water partition coefficient (Wildman–Crippen LogP) is 1.65. The highest BCUT2D eigenvalue weighted by atomic mass is 19.4. The van der Waals surface area contributed by atoms with Gasteiger partial charge in [-0.3, -0.25) is 9.20 Å². The van der Waals surface area contributed by atoms with Crippen LogP contribution in [0.1, 0.15) is 5.69 Å². The van der Waals surface area contributed by atoms with Gasteiger partial charge in [-0.1, -0.05) is 0 Å². The molecule has 2 rings (SSSR count). The summed E-state index contributed by atoms with van der Waals surface area (Å²) in [6, 6.07) is 2.19. The van der Waals surface area contributed by atoms with Crippen molar-refractivity contribution in [1.29, 1.82) is 0 Å². The number of H-pyrrole nitrogens is 1. The summed E-state index contributed by atoms with van der Waals surface area (Å²) in [5.41, 5.74) is -1.03. The zero-order chi connectivity index (χ0) is 10.3. The Kier molecular flexibility index (Phi) is 1.67. The van der Waals surface area contributed by atoms with Gasteiger partial charge in [0.2, 0.25) is 0 Å². The van der Waals surface area contributed by atoms with E-state index in [1.807, 2.05) is 0 Å². The van der Waals surface area contributed by atoms with Gasteiger partial charge in [0.1, 0.15) is 11.3 Å². The molecule has 74 valence electrons. The van der Waals surface area contributed by atoms with Crippen LogP contribution in [0.2, 0.25) is 0 Å². The largest absolute Gasteiger partial charge is 0.433 e. The molecule has 2 aromatic heterocycles. The lowest BCUT2D eigenvalue weighted by Crippen LogP contribution is -2.09. The van der Waals surface area contributed by atoms with Gasteiger partial charge in [-0.15, -0.1) is 0 Å². The molecule has 1 N–H and O–H groups in total. The average Bonchev–Trinajstić information content (AvgIpc) is 2.45. The molecule has 0 bridgehead atoms. The van der Waals surface area contributed by atoms with Crippen molar-refractivity contribution < 1.29 is 13.2 Å². The van der Waals surface area contributed by atoms with E-state index in [0.29, 0.717) is 0 Å². The Bertz CT molecular complexity index is 523. The maximum absolute atomic E-state index is 12.3. The number of pyridine rings is 1. The summed E-state index contributed by atoms with van der Waals surface area (Å²) >= 11 is 0. The lowest BCUT2D eigenvalue weighted by Gasteiger charge is -2.04. The van der Waals surface area contributed by atoms with Crippen molar-refractivity contribution in [2.75, 3.05) is 0 Å². The van der Waals surface area contributed by atoms with Crippen molar-refractivity contribution in [2.24, 2.45) is 0 Å². The molecule has 0 fully saturated rings. The summed E-state index contributed by atoms with van der Waals surface area (Å²) < 4.78 is 37.9. The highest BCUT2D eigenvalue weighted by molar-refractivity contribution is 5.40. The van der Waals surface area contributed by atoms with Gasteiger partial charge in [0.25, 0.3) is 0 Å². The van der Waals surface area contributed by atoms with Gasteiger partial charge < -0.3 is 4.98 Å². The number of aromatic nitrogens is 2. The molecular weight excluding hydrogens is 197 g/mol. The van der Waals surface area contributed by atoms with Crippen LogP contribution in [0.15, 0.2) is 29.3 Å². The van der Waals surface area contributed by atoms with Crippen LogP contribution in [0.5, 0.6) is 0 Å². The van der Waals surface area contributed by atoms with Crippen LogP contribution < -0.4 is 5.43 Å². The molecule has 3 nitrogen and oxygen atoms in total. The molecule has 2 heterocycles. The third-order valence-corrected chi connectivity index (χ3v) is 1.83. The van der Waals surface area contributed by atoms with Gasteiger partial charge in [0.15, 0.2) is 5.43 Å². The summed E-state index contributed by atoms with van der Waals surface area (Å²) in [5, 5.41) is 0. The summed E-state index contributed by atoms with van der Waals surface area (Å²) in [7, 11) is 0. The standard InChI is InChI=1S/C8H5F3N2O/c9-8(10,11)6-4-12-7-3-5(14)1-2-13(6)7/h1-4,12H. The molecule has 0 spiro atoms. The molecule has 0 saturated heterocycles. The highest BCUT2D eigenvalue weighted by Crippen LogP contribution is 2.28. The van der Waals surface area contributed by atoms with Crippen molar-refractivity contribution in [2.45, 2.75) is 6.18 Å². The summed E-state index contributed by atoms with van der Waals surface area (Å²) in [5.74, 6) is 0. The number of fused-ring (bicyclic) bond motifs is 1. The molecule has 0 aliphatic rings. The quantitative estimate of drug-likeness (QED) is 0.692. The normalized spacial score (nSPS) is 12.2. The first-order valence-corrected chi connectivity index (χ1v) is 3.75. The fourth-order valence-corrected chi connectivity index (χ4v) is 1.23. The molecule has 0 unspecified atom stereocenters. The Morgan fingerprint density at radius 3 is 2.71 bits per heavy atom. The van der Waals surface area contributed by atoms with Crippen LogP contribution in [-0.2, 0) is 6.18 Å². The van der Waals surface area contributed by atoms with E-state index in [4.69, 9.17) is 0 Å². The second-order valence-corrected chi connectivity index (χ2v) is 2.79. The van der Waals surface area contributed by atoms with E-state index in [9.17, 15) is 18.0 Å².